The summed E-state index contributed by atoms with van der Waals surface area (Å²) in [6.07, 6.45) is 7.01. The number of benzene rings is 1. The molecule has 1 aromatic heterocycles. The highest BCUT2D eigenvalue weighted by Gasteiger charge is 2.12. The van der Waals surface area contributed by atoms with Crippen LogP contribution in [0.25, 0.3) is 0 Å². The molecule has 0 radical (unpaired) electrons. The molecule has 0 aliphatic carbocycles. The minimum atomic E-state index is 0.676. The van der Waals surface area contributed by atoms with E-state index in [2.05, 4.69) is 47.2 Å². The number of rotatable bonds is 3. The average Bonchev–Trinajstić information content (AvgIpc) is 2.80. The summed E-state index contributed by atoms with van der Waals surface area (Å²) in [4.78, 5) is 11.5. The van der Waals surface area contributed by atoms with Gasteiger partial charge in [0.15, 0.2) is 0 Å². The topological polar surface area (TPSA) is 41.1 Å². The van der Waals surface area contributed by atoms with E-state index in [0.717, 1.165) is 24.6 Å². The van der Waals surface area contributed by atoms with Gasteiger partial charge in [-0.1, -0.05) is 25.0 Å². The second-order valence-electron chi connectivity index (χ2n) is 6.08. The molecule has 1 saturated heterocycles. The van der Waals surface area contributed by atoms with Gasteiger partial charge in [-0.3, -0.25) is 0 Å². The lowest BCUT2D eigenvalue weighted by Crippen LogP contribution is -2.25. The minimum Gasteiger partial charge on any atom is -0.356 e. The number of anilines is 3. The minimum absolute atomic E-state index is 0.676. The lowest BCUT2D eigenvalue weighted by Gasteiger charge is -2.21. The predicted octanol–water partition coefficient (Wildman–Crippen LogP) is 4.22. The fourth-order valence-electron chi connectivity index (χ4n) is 2.88. The van der Waals surface area contributed by atoms with Gasteiger partial charge in [-0.05, 0) is 49.9 Å². The van der Waals surface area contributed by atoms with Gasteiger partial charge in [0, 0.05) is 25.0 Å². The first kappa shape index (κ1) is 14.8. The molecule has 2 aromatic rings. The highest BCUT2D eigenvalue weighted by atomic mass is 15.2. The van der Waals surface area contributed by atoms with Crippen molar-refractivity contribution in [3.63, 3.8) is 0 Å². The van der Waals surface area contributed by atoms with Crippen LogP contribution in [0.1, 0.15) is 36.8 Å². The number of aryl methyl sites for hydroxylation is 2. The number of hydrogen-bond donors (Lipinski definition) is 1. The zero-order valence-corrected chi connectivity index (χ0v) is 13.5. The maximum atomic E-state index is 4.71. The molecule has 0 saturated carbocycles. The Morgan fingerprint density at radius 1 is 1.00 bits per heavy atom. The third-order valence-electron chi connectivity index (χ3n) is 4.21. The number of nitrogens with one attached hydrogen (secondary N) is 1. The van der Waals surface area contributed by atoms with Crippen LogP contribution in [0.3, 0.4) is 0 Å². The Balaban J connectivity index is 1.80. The van der Waals surface area contributed by atoms with Crippen molar-refractivity contribution in [1.29, 1.82) is 0 Å². The van der Waals surface area contributed by atoms with Crippen molar-refractivity contribution in [2.45, 2.75) is 39.5 Å². The summed E-state index contributed by atoms with van der Waals surface area (Å²) in [5.41, 5.74) is 3.51. The first-order chi connectivity index (χ1) is 10.7. The number of aromatic nitrogens is 2. The Labute approximate surface area is 132 Å². The van der Waals surface area contributed by atoms with Gasteiger partial charge in [-0.25, -0.2) is 4.98 Å². The molecule has 22 heavy (non-hydrogen) atoms. The van der Waals surface area contributed by atoms with Gasteiger partial charge in [0.25, 0.3) is 0 Å². The quantitative estimate of drug-likeness (QED) is 0.921. The Morgan fingerprint density at radius 3 is 2.55 bits per heavy atom. The van der Waals surface area contributed by atoms with Crippen molar-refractivity contribution < 1.29 is 0 Å². The van der Waals surface area contributed by atoms with Crippen LogP contribution >= 0.6 is 0 Å². The number of hydrogen-bond acceptors (Lipinski definition) is 4. The summed E-state index contributed by atoms with van der Waals surface area (Å²) in [7, 11) is 0. The molecule has 0 unspecified atom stereocenters. The summed E-state index contributed by atoms with van der Waals surface area (Å²) in [6, 6.07) is 8.39. The molecule has 116 valence electrons. The van der Waals surface area contributed by atoms with E-state index in [1.54, 1.807) is 0 Å². The van der Waals surface area contributed by atoms with Gasteiger partial charge in [0.05, 0.1) is 0 Å². The summed E-state index contributed by atoms with van der Waals surface area (Å²) in [6.45, 7) is 6.39. The van der Waals surface area contributed by atoms with E-state index >= 15 is 0 Å². The molecule has 4 heteroatoms. The lowest BCUT2D eigenvalue weighted by molar-refractivity contribution is 0.726. The highest BCUT2D eigenvalue weighted by Crippen LogP contribution is 2.22. The molecule has 0 bridgehead atoms. The van der Waals surface area contributed by atoms with E-state index in [-0.39, 0.29) is 0 Å². The molecular formula is C18H24N4. The molecule has 3 rings (SSSR count). The zero-order valence-electron chi connectivity index (χ0n) is 13.5. The molecule has 1 aliphatic rings. The van der Waals surface area contributed by atoms with Crippen LogP contribution < -0.4 is 10.2 Å². The van der Waals surface area contributed by atoms with Crippen molar-refractivity contribution in [3.05, 3.63) is 41.6 Å². The maximum absolute atomic E-state index is 4.71. The molecular weight excluding hydrogens is 272 g/mol. The largest absolute Gasteiger partial charge is 0.356 e. The lowest BCUT2D eigenvalue weighted by atomic mass is 10.1. The highest BCUT2D eigenvalue weighted by molar-refractivity contribution is 5.60. The fourth-order valence-corrected chi connectivity index (χ4v) is 2.88. The van der Waals surface area contributed by atoms with Crippen LogP contribution in [0, 0.1) is 13.8 Å². The van der Waals surface area contributed by atoms with Crippen LogP contribution in [0.2, 0.25) is 0 Å². The molecule has 1 fully saturated rings. The van der Waals surface area contributed by atoms with E-state index in [4.69, 9.17) is 4.98 Å². The van der Waals surface area contributed by atoms with Gasteiger partial charge < -0.3 is 10.2 Å². The molecule has 0 spiro atoms. The summed E-state index contributed by atoms with van der Waals surface area (Å²) >= 11 is 0. The van der Waals surface area contributed by atoms with E-state index in [0.29, 0.717) is 5.95 Å². The van der Waals surface area contributed by atoms with Crippen molar-refractivity contribution in [1.82, 2.24) is 9.97 Å². The van der Waals surface area contributed by atoms with Crippen LogP contribution in [0.15, 0.2) is 30.5 Å². The first-order valence-corrected chi connectivity index (χ1v) is 8.15. The molecule has 1 aromatic carbocycles. The summed E-state index contributed by atoms with van der Waals surface area (Å²) in [5, 5.41) is 3.36. The van der Waals surface area contributed by atoms with E-state index in [1.807, 2.05) is 12.3 Å². The van der Waals surface area contributed by atoms with Crippen molar-refractivity contribution in [2.24, 2.45) is 0 Å². The Bertz CT molecular complexity index is 631. The molecule has 1 N–H and O–H groups in total. The van der Waals surface area contributed by atoms with Crippen molar-refractivity contribution in [2.75, 3.05) is 23.3 Å². The second kappa shape index (κ2) is 6.77. The van der Waals surface area contributed by atoms with Crippen molar-refractivity contribution in [3.8, 4) is 0 Å². The maximum Gasteiger partial charge on any atom is 0.229 e. The standard InChI is InChI=1S/C18H24N4/c1-14-7-8-15(2)16(13-14)20-18-19-10-9-17(21-18)22-11-5-3-4-6-12-22/h7-10,13H,3-6,11-12H2,1-2H3,(H,19,20,21). The van der Waals surface area contributed by atoms with Crippen LogP contribution in [0.4, 0.5) is 17.5 Å². The average molecular weight is 296 g/mol. The normalized spacial score (nSPS) is 15.5. The summed E-state index contributed by atoms with van der Waals surface area (Å²) in [5.74, 6) is 1.71. The smallest absolute Gasteiger partial charge is 0.229 e. The first-order valence-electron chi connectivity index (χ1n) is 8.15. The SMILES string of the molecule is Cc1ccc(C)c(Nc2nccc(N3CCCCCC3)n2)c1. The van der Waals surface area contributed by atoms with Crippen LogP contribution in [0.5, 0.6) is 0 Å². The van der Waals surface area contributed by atoms with Gasteiger partial charge in [-0.15, -0.1) is 0 Å². The fraction of sp³-hybridized carbons (Fsp3) is 0.444. The monoisotopic (exact) mass is 296 g/mol. The number of nitrogens with zero attached hydrogens (tertiary/aromatic N) is 3. The van der Waals surface area contributed by atoms with Crippen LogP contribution in [-0.2, 0) is 0 Å². The van der Waals surface area contributed by atoms with Crippen molar-refractivity contribution >= 4 is 17.5 Å². The van der Waals surface area contributed by atoms with E-state index in [9.17, 15) is 0 Å². The molecule has 2 heterocycles. The Kier molecular flexibility index (Phi) is 4.56. The van der Waals surface area contributed by atoms with E-state index in [1.165, 1.54) is 36.8 Å². The van der Waals surface area contributed by atoms with Gasteiger partial charge in [0.1, 0.15) is 5.82 Å². The summed E-state index contributed by atoms with van der Waals surface area (Å²) < 4.78 is 0. The molecule has 4 nitrogen and oxygen atoms in total. The Hall–Kier alpha value is -2.10. The molecule has 1 aliphatic heterocycles. The van der Waals surface area contributed by atoms with Gasteiger partial charge in [0.2, 0.25) is 5.95 Å². The zero-order chi connectivity index (χ0) is 15.4. The molecule has 0 atom stereocenters. The van der Waals surface area contributed by atoms with Gasteiger partial charge in [-0.2, -0.15) is 4.98 Å². The van der Waals surface area contributed by atoms with Gasteiger partial charge >= 0.3 is 0 Å². The van der Waals surface area contributed by atoms with E-state index < -0.39 is 0 Å². The third kappa shape index (κ3) is 3.56. The third-order valence-corrected chi connectivity index (χ3v) is 4.21. The predicted molar refractivity (Wildman–Crippen MR) is 91.9 cm³/mol. The molecule has 0 amide bonds. The second-order valence-corrected chi connectivity index (χ2v) is 6.08. The Morgan fingerprint density at radius 2 is 1.77 bits per heavy atom. The van der Waals surface area contributed by atoms with Crippen LogP contribution in [-0.4, -0.2) is 23.1 Å².